The first-order valence-electron chi connectivity index (χ1n) is 9.92. The van der Waals surface area contributed by atoms with Gasteiger partial charge in [-0.3, -0.25) is 4.79 Å². The van der Waals surface area contributed by atoms with Gasteiger partial charge in [-0.15, -0.1) is 0 Å². The summed E-state index contributed by atoms with van der Waals surface area (Å²) in [5.41, 5.74) is 0.654. The molecule has 1 aromatic rings. The summed E-state index contributed by atoms with van der Waals surface area (Å²) in [5, 5.41) is 8.89. The van der Waals surface area contributed by atoms with Crippen LogP contribution in [0.5, 0.6) is 5.75 Å². The molecule has 1 aliphatic rings. The van der Waals surface area contributed by atoms with Crippen LogP contribution >= 0.6 is 0 Å². The maximum Gasteiger partial charge on any atom is 0.314 e. The molecule has 0 saturated heterocycles. The van der Waals surface area contributed by atoms with Gasteiger partial charge in [0.15, 0.2) is 0 Å². The Morgan fingerprint density at radius 3 is 2.04 bits per heavy atom. The molecule has 1 aliphatic carbocycles. The number of urea groups is 1. The summed E-state index contributed by atoms with van der Waals surface area (Å²) in [4.78, 5) is 24.0. The van der Waals surface area contributed by atoms with Crippen molar-refractivity contribution in [2.24, 2.45) is 17.8 Å². The summed E-state index contributed by atoms with van der Waals surface area (Å²) < 4.78 is 5.11. The highest BCUT2D eigenvalue weighted by molar-refractivity contribution is 5.94. The SMILES string of the molecule is COc1ccc(C(=O)NCC2CCC(CNC(=O)NCC(C)C)CC2)cc1. The number of methoxy groups -OCH3 is 1. The van der Waals surface area contributed by atoms with Crippen LogP contribution in [0.15, 0.2) is 24.3 Å². The second kappa shape index (κ2) is 10.8. The van der Waals surface area contributed by atoms with Gasteiger partial charge in [0.25, 0.3) is 5.91 Å². The molecule has 27 heavy (non-hydrogen) atoms. The standard InChI is InChI=1S/C21H33N3O3/c1-15(2)12-23-21(26)24-14-17-6-4-16(5-7-17)13-22-20(25)18-8-10-19(27-3)11-9-18/h8-11,15-17H,4-7,12-14H2,1-3H3,(H,22,25)(H2,23,24,26). The van der Waals surface area contributed by atoms with E-state index in [-0.39, 0.29) is 11.9 Å². The number of amides is 3. The monoisotopic (exact) mass is 375 g/mol. The molecule has 6 heteroatoms. The van der Waals surface area contributed by atoms with E-state index in [2.05, 4.69) is 29.8 Å². The minimum Gasteiger partial charge on any atom is -0.497 e. The topological polar surface area (TPSA) is 79.5 Å². The number of benzene rings is 1. The zero-order valence-electron chi connectivity index (χ0n) is 16.7. The van der Waals surface area contributed by atoms with Crippen molar-refractivity contribution in [3.05, 3.63) is 29.8 Å². The molecule has 1 aromatic carbocycles. The molecule has 0 aromatic heterocycles. The zero-order valence-corrected chi connectivity index (χ0v) is 16.7. The molecule has 1 saturated carbocycles. The van der Waals surface area contributed by atoms with E-state index >= 15 is 0 Å². The van der Waals surface area contributed by atoms with Gasteiger partial charge in [0, 0.05) is 25.2 Å². The van der Waals surface area contributed by atoms with Crippen LogP contribution in [0.2, 0.25) is 0 Å². The lowest BCUT2D eigenvalue weighted by atomic mass is 9.82. The molecular weight excluding hydrogens is 342 g/mol. The van der Waals surface area contributed by atoms with Crippen LogP contribution in [0.4, 0.5) is 4.79 Å². The average Bonchev–Trinajstić information content (AvgIpc) is 2.69. The highest BCUT2D eigenvalue weighted by atomic mass is 16.5. The largest absolute Gasteiger partial charge is 0.497 e. The van der Waals surface area contributed by atoms with Crippen molar-refractivity contribution < 1.29 is 14.3 Å². The van der Waals surface area contributed by atoms with E-state index in [1.54, 1.807) is 31.4 Å². The van der Waals surface area contributed by atoms with Crippen LogP contribution in [-0.2, 0) is 0 Å². The van der Waals surface area contributed by atoms with E-state index in [4.69, 9.17) is 4.74 Å². The van der Waals surface area contributed by atoms with Crippen LogP contribution in [0.3, 0.4) is 0 Å². The summed E-state index contributed by atoms with van der Waals surface area (Å²) >= 11 is 0. The minimum atomic E-state index is -0.0717. The van der Waals surface area contributed by atoms with E-state index in [9.17, 15) is 9.59 Å². The molecule has 0 atom stereocenters. The second-order valence-electron chi connectivity index (χ2n) is 7.81. The molecule has 1 fully saturated rings. The van der Waals surface area contributed by atoms with Gasteiger partial charge >= 0.3 is 6.03 Å². The molecule has 0 unspecified atom stereocenters. The fourth-order valence-electron chi connectivity index (χ4n) is 3.32. The molecule has 0 spiro atoms. The van der Waals surface area contributed by atoms with Crippen molar-refractivity contribution in [3.8, 4) is 5.75 Å². The van der Waals surface area contributed by atoms with Crippen molar-refractivity contribution in [1.29, 1.82) is 0 Å². The highest BCUT2D eigenvalue weighted by Crippen LogP contribution is 2.28. The van der Waals surface area contributed by atoms with Gasteiger partial charge in [0.05, 0.1) is 7.11 Å². The molecule has 150 valence electrons. The van der Waals surface area contributed by atoms with Crippen LogP contribution < -0.4 is 20.7 Å². The summed E-state index contributed by atoms with van der Waals surface area (Å²) in [6.07, 6.45) is 4.35. The fourth-order valence-corrected chi connectivity index (χ4v) is 3.32. The molecule has 6 nitrogen and oxygen atoms in total. The Balaban J connectivity index is 1.62. The van der Waals surface area contributed by atoms with Gasteiger partial charge in [0.2, 0.25) is 0 Å². The molecule has 0 aliphatic heterocycles. The second-order valence-corrected chi connectivity index (χ2v) is 7.81. The first-order chi connectivity index (χ1) is 13.0. The van der Waals surface area contributed by atoms with Gasteiger partial charge in [-0.25, -0.2) is 4.79 Å². The predicted octanol–water partition coefficient (Wildman–Crippen LogP) is 3.19. The quantitative estimate of drug-likeness (QED) is 0.653. The smallest absolute Gasteiger partial charge is 0.314 e. The third kappa shape index (κ3) is 7.49. The van der Waals surface area contributed by atoms with Crippen LogP contribution in [0.1, 0.15) is 49.9 Å². The van der Waals surface area contributed by atoms with E-state index in [0.717, 1.165) is 38.0 Å². The van der Waals surface area contributed by atoms with E-state index < -0.39 is 0 Å². The first kappa shape index (κ1) is 21.1. The Morgan fingerprint density at radius 2 is 1.52 bits per heavy atom. The normalized spacial score (nSPS) is 19.4. The molecule has 0 heterocycles. The average molecular weight is 376 g/mol. The van der Waals surface area contributed by atoms with Crippen LogP contribution in [0, 0.1) is 17.8 Å². The zero-order chi connectivity index (χ0) is 19.6. The number of hydrogen-bond donors (Lipinski definition) is 3. The lowest BCUT2D eigenvalue weighted by molar-refractivity contribution is 0.0941. The predicted molar refractivity (Wildman–Crippen MR) is 107 cm³/mol. The summed E-state index contributed by atoms with van der Waals surface area (Å²) in [6, 6.07) is 7.08. The Labute approximate surface area is 162 Å². The van der Waals surface area contributed by atoms with Gasteiger partial charge in [0.1, 0.15) is 5.75 Å². The van der Waals surface area contributed by atoms with Crippen LogP contribution in [-0.4, -0.2) is 38.7 Å². The molecule has 3 amide bonds. The molecule has 0 radical (unpaired) electrons. The lowest BCUT2D eigenvalue weighted by Gasteiger charge is -2.28. The third-order valence-electron chi connectivity index (χ3n) is 5.09. The minimum absolute atomic E-state index is 0.0386. The van der Waals surface area contributed by atoms with Gasteiger partial charge < -0.3 is 20.7 Å². The van der Waals surface area contributed by atoms with E-state index in [0.29, 0.717) is 36.4 Å². The molecule has 0 bridgehead atoms. The summed E-state index contributed by atoms with van der Waals surface area (Å²) in [6.45, 7) is 6.30. The highest BCUT2D eigenvalue weighted by Gasteiger charge is 2.22. The van der Waals surface area contributed by atoms with Crippen molar-refractivity contribution in [2.75, 3.05) is 26.7 Å². The van der Waals surface area contributed by atoms with Gasteiger partial charge in [-0.1, -0.05) is 13.8 Å². The number of nitrogens with one attached hydrogen (secondary N) is 3. The number of carbonyl (C=O) groups excluding carboxylic acids is 2. The van der Waals surface area contributed by atoms with Crippen molar-refractivity contribution in [3.63, 3.8) is 0 Å². The van der Waals surface area contributed by atoms with E-state index in [1.807, 2.05) is 0 Å². The van der Waals surface area contributed by atoms with Gasteiger partial charge in [-0.2, -0.15) is 0 Å². The summed E-state index contributed by atoms with van der Waals surface area (Å²) in [7, 11) is 1.61. The van der Waals surface area contributed by atoms with Gasteiger partial charge in [-0.05, 0) is 67.7 Å². The fraction of sp³-hybridized carbons (Fsp3) is 0.619. The van der Waals surface area contributed by atoms with Crippen LogP contribution in [0.25, 0.3) is 0 Å². The number of carbonyl (C=O) groups is 2. The maximum atomic E-state index is 12.2. The van der Waals surface area contributed by atoms with Crippen molar-refractivity contribution in [2.45, 2.75) is 39.5 Å². The molecule has 3 N–H and O–H groups in total. The van der Waals surface area contributed by atoms with Crippen molar-refractivity contribution in [1.82, 2.24) is 16.0 Å². The Kier molecular flexibility index (Phi) is 8.43. The Morgan fingerprint density at radius 1 is 0.963 bits per heavy atom. The first-order valence-corrected chi connectivity index (χ1v) is 9.92. The van der Waals surface area contributed by atoms with E-state index in [1.165, 1.54) is 0 Å². The lowest BCUT2D eigenvalue weighted by Crippen LogP contribution is -2.40. The van der Waals surface area contributed by atoms with Crippen molar-refractivity contribution >= 4 is 11.9 Å². The third-order valence-corrected chi connectivity index (χ3v) is 5.09. The summed E-state index contributed by atoms with van der Waals surface area (Å²) in [5.74, 6) is 2.21. The molecular formula is C21H33N3O3. The Bertz CT molecular complexity index is 593. The number of rotatable bonds is 8. The number of hydrogen-bond acceptors (Lipinski definition) is 3. The molecule has 2 rings (SSSR count). The number of ether oxygens (including phenoxy) is 1. The Hall–Kier alpha value is -2.24. The maximum absolute atomic E-state index is 12.2.